The summed E-state index contributed by atoms with van der Waals surface area (Å²) >= 11 is 0. The molecule has 2 fully saturated rings. The summed E-state index contributed by atoms with van der Waals surface area (Å²) in [4.78, 5) is 29.6. The van der Waals surface area contributed by atoms with Gasteiger partial charge in [-0.3, -0.25) is 14.6 Å². The molecule has 0 bridgehead atoms. The predicted octanol–water partition coefficient (Wildman–Crippen LogP) is 8.63. The van der Waals surface area contributed by atoms with E-state index in [4.69, 9.17) is 14.5 Å². The highest BCUT2D eigenvalue weighted by Crippen LogP contribution is 2.26. The molecule has 1 aromatic rings. The van der Waals surface area contributed by atoms with Crippen LogP contribution in [-0.4, -0.2) is 42.8 Å². The SMILES string of the molecule is C/C=C(\C=C(\C)C(C)=O)C(=Nc1cc(CNC(CC(C)C)C(=O)OC2CCC2)ccc1C)C(C)C.CCC1CCOCC1. The molecular formula is C37H58N2O4. The monoisotopic (exact) mass is 594 g/mol. The van der Waals surface area contributed by atoms with Crippen LogP contribution in [0.2, 0.25) is 0 Å². The summed E-state index contributed by atoms with van der Waals surface area (Å²) in [5.74, 6) is 1.46. The van der Waals surface area contributed by atoms with Crippen LogP contribution in [0.3, 0.4) is 0 Å². The summed E-state index contributed by atoms with van der Waals surface area (Å²) in [7, 11) is 0. The smallest absolute Gasteiger partial charge is 0.323 e. The number of ether oxygens (including phenoxy) is 2. The van der Waals surface area contributed by atoms with Gasteiger partial charge in [-0.1, -0.05) is 59.2 Å². The molecule has 1 saturated carbocycles. The van der Waals surface area contributed by atoms with Gasteiger partial charge in [-0.05, 0) is 118 Å². The molecular weight excluding hydrogens is 536 g/mol. The molecule has 0 spiro atoms. The predicted molar refractivity (Wildman–Crippen MR) is 179 cm³/mol. The summed E-state index contributed by atoms with van der Waals surface area (Å²) in [6.07, 6.45) is 11.8. The summed E-state index contributed by atoms with van der Waals surface area (Å²) in [5, 5.41) is 3.43. The van der Waals surface area contributed by atoms with Gasteiger partial charge in [-0.15, -0.1) is 0 Å². The maximum atomic E-state index is 12.7. The molecule has 1 aliphatic heterocycles. The number of hydrogen-bond acceptors (Lipinski definition) is 6. The highest BCUT2D eigenvalue weighted by molar-refractivity contribution is 6.07. The fourth-order valence-corrected chi connectivity index (χ4v) is 5.05. The third-order valence-corrected chi connectivity index (χ3v) is 8.39. The minimum Gasteiger partial charge on any atom is -0.461 e. The van der Waals surface area contributed by atoms with E-state index >= 15 is 0 Å². The number of esters is 1. The van der Waals surface area contributed by atoms with Gasteiger partial charge in [-0.25, -0.2) is 0 Å². The number of Topliss-reactive ketones (excluding diaryl/α,β-unsaturated/α-hetero) is 1. The molecule has 0 radical (unpaired) electrons. The number of carbonyl (C=O) groups is 2. The molecule has 0 aromatic heterocycles. The average Bonchev–Trinajstić information content (AvgIpc) is 2.96. The van der Waals surface area contributed by atoms with Crippen LogP contribution in [0.15, 0.2) is 46.5 Å². The zero-order valence-electron chi connectivity index (χ0n) is 28.4. The molecule has 6 nitrogen and oxygen atoms in total. The number of benzene rings is 1. The van der Waals surface area contributed by atoms with Gasteiger partial charge in [0.15, 0.2) is 5.78 Å². The van der Waals surface area contributed by atoms with Crippen molar-refractivity contribution in [2.24, 2.45) is 22.7 Å². The Bertz CT molecular complexity index is 1120. The summed E-state index contributed by atoms with van der Waals surface area (Å²) in [5.41, 5.74) is 5.68. The van der Waals surface area contributed by atoms with E-state index in [1.807, 2.05) is 26.0 Å². The standard InChI is InChI=1S/C30H44N2O3.C7H14O/c1-9-25(16-22(7)23(8)33)29(20(4)5)32-27-17-24(14-13-21(27)6)18-31-28(15-19(2)3)30(34)35-26-11-10-12-26;1-2-7-3-5-8-6-4-7/h9,13-14,16-17,19-20,26,28,31H,10-12,15,18H2,1-8H3;7H,2-6H2,1H3/b22-16-,25-9+,32-29?;. The Morgan fingerprint density at radius 1 is 1.09 bits per heavy atom. The number of nitrogens with one attached hydrogen (secondary N) is 1. The molecule has 1 N–H and O–H groups in total. The zero-order valence-corrected chi connectivity index (χ0v) is 28.4. The fraction of sp³-hybridized carbons (Fsp3) is 0.649. The fourth-order valence-electron chi connectivity index (χ4n) is 5.05. The molecule has 1 unspecified atom stereocenters. The molecule has 1 aliphatic carbocycles. The minimum absolute atomic E-state index is 0.0588. The number of nitrogens with zero attached hydrogens (tertiary/aromatic N) is 1. The van der Waals surface area contributed by atoms with Crippen molar-refractivity contribution in [3.63, 3.8) is 0 Å². The van der Waals surface area contributed by atoms with Gasteiger partial charge in [0.1, 0.15) is 12.1 Å². The summed E-state index contributed by atoms with van der Waals surface area (Å²) in [6.45, 7) is 20.8. The highest BCUT2D eigenvalue weighted by atomic mass is 16.5. The largest absolute Gasteiger partial charge is 0.461 e. The van der Waals surface area contributed by atoms with E-state index in [1.54, 1.807) is 6.92 Å². The van der Waals surface area contributed by atoms with Gasteiger partial charge in [0.25, 0.3) is 0 Å². The molecule has 43 heavy (non-hydrogen) atoms. The van der Waals surface area contributed by atoms with Crippen LogP contribution >= 0.6 is 0 Å². The Morgan fingerprint density at radius 3 is 2.26 bits per heavy atom. The molecule has 1 heterocycles. The molecule has 1 aromatic carbocycles. The number of allylic oxidation sites excluding steroid dienone is 4. The van der Waals surface area contributed by atoms with Gasteiger partial charge in [0.05, 0.1) is 11.4 Å². The summed E-state index contributed by atoms with van der Waals surface area (Å²) < 4.78 is 10.9. The van der Waals surface area contributed by atoms with E-state index in [1.165, 1.54) is 19.3 Å². The van der Waals surface area contributed by atoms with Crippen molar-refractivity contribution >= 4 is 23.2 Å². The first-order chi connectivity index (χ1) is 20.4. The van der Waals surface area contributed by atoms with Crippen molar-refractivity contribution in [2.45, 2.75) is 126 Å². The Labute approximate surface area is 261 Å². The van der Waals surface area contributed by atoms with Crippen LogP contribution in [0, 0.1) is 24.7 Å². The minimum atomic E-state index is -0.315. The second-order valence-corrected chi connectivity index (χ2v) is 12.9. The highest BCUT2D eigenvalue weighted by Gasteiger charge is 2.27. The molecule has 3 rings (SSSR count). The quantitative estimate of drug-likeness (QED) is 0.107. The number of hydrogen-bond donors (Lipinski definition) is 1. The normalized spacial score (nSPS) is 17.8. The average molecular weight is 595 g/mol. The first-order valence-electron chi connectivity index (χ1n) is 16.5. The Morgan fingerprint density at radius 2 is 1.77 bits per heavy atom. The van der Waals surface area contributed by atoms with Gasteiger partial charge in [-0.2, -0.15) is 0 Å². The second-order valence-electron chi connectivity index (χ2n) is 12.9. The van der Waals surface area contributed by atoms with Gasteiger partial charge >= 0.3 is 5.97 Å². The summed E-state index contributed by atoms with van der Waals surface area (Å²) in [6, 6.07) is 5.92. The molecule has 240 valence electrons. The van der Waals surface area contributed by atoms with Crippen molar-refractivity contribution in [3.8, 4) is 0 Å². The Balaban J connectivity index is 0.000000694. The molecule has 6 heteroatoms. The van der Waals surface area contributed by atoms with Crippen molar-refractivity contribution in [3.05, 3.63) is 52.6 Å². The number of ketones is 1. The lowest BCUT2D eigenvalue weighted by Crippen LogP contribution is -2.41. The second kappa shape index (κ2) is 19.0. The maximum Gasteiger partial charge on any atom is 0.323 e. The van der Waals surface area contributed by atoms with Crippen LogP contribution in [0.5, 0.6) is 0 Å². The molecule has 0 amide bonds. The Hall–Kier alpha value is -2.57. The van der Waals surface area contributed by atoms with E-state index < -0.39 is 0 Å². The third kappa shape index (κ3) is 12.9. The lowest BCUT2D eigenvalue weighted by Gasteiger charge is -2.28. The lowest BCUT2D eigenvalue weighted by atomic mass is 9.96. The van der Waals surface area contributed by atoms with E-state index in [0.717, 1.165) is 72.9 Å². The zero-order chi connectivity index (χ0) is 31.9. The van der Waals surface area contributed by atoms with Crippen LogP contribution in [0.1, 0.15) is 111 Å². The molecule has 1 saturated heterocycles. The van der Waals surface area contributed by atoms with Crippen molar-refractivity contribution < 1.29 is 19.1 Å². The number of carbonyl (C=O) groups excluding carboxylic acids is 2. The van der Waals surface area contributed by atoms with Gasteiger partial charge < -0.3 is 14.8 Å². The topological polar surface area (TPSA) is 77.0 Å². The maximum absolute atomic E-state index is 12.7. The van der Waals surface area contributed by atoms with Gasteiger partial charge in [0, 0.05) is 19.8 Å². The van der Waals surface area contributed by atoms with E-state index in [9.17, 15) is 9.59 Å². The molecule has 2 aliphatic rings. The van der Waals surface area contributed by atoms with E-state index in [-0.39, 0.29) is 29.8 Å². The van der Waals surface area contributed by atoms with Crippen LogP contribution < -0.4 is 5.32 Å². The van der Waals surface area contributed by atoms with Crippen LogP contribution in [-0.2, 0) is 25.6 Å². The van der Waals surface area contributed by atoms with Crippen molar-refractivity contribution in [1.82, 2.24) is 5.32 Å². The number of aliphatic imine (C=N–C) groups is 1. The lowest BCUT2D eigenvalue weighted by molar-refractivity contribution is -0.156. The third-order valence-electron chi connectivity index (χ3n) is 8.39. The van der Waals surface area contributed by atoms with Crippen molar-refractivity contribution in [2.75, 3.05) is 13.2 Å². The Kier molecular flexibility index (Phi) is 16.1. The first kappa shape index (κ1) is 36.6. The van der Waals surface area contributed by atoms with Crippen molar-refractivity contribution in [1.29, 1.82) is 0 Å². The first-order valence-corrected chi connectivity index (χ1v) is 16.5. The van der Waals surface area contributed by atoms with E-state index in [2.05, 4.69) is 65.1 Å². The van der Waals surface area contributed by atoms with Crippen LogP contribution in [0.25, 0.3) is 0 Å². The van der Waals surface area contributed by atoms with E-state index in [0.29, 0.717) is 18.0 Å². The number of rotatable bonds is 13. The van der Waals surface area contributed by atoms with Crippen LogP contribution in [0.4, 0.5) is 5.69 Å². The number of aryl methyl sites for hydroxylation is 1. The molecule has 1 atom stereocenters. The van der Waals surface area contributed by atoms with Gasteiger partial charge in [0.2, 0.25) is 0 Å².